The predicted molar refractivity (Wildman–Crippen MR) is 67.5 cm³/mol. The van der Waals surface area contributed by atoms with E-state index in [-0.39, 0.29) is 21.4 Å². The molecule has 8 heteroatoms. The van der Waals surface area contributed by atoms with E-state index in [0.717, 1.165) is 13.0 Å². The molecule has 1 aromatic carbocycles. The molecule has 1 N–H and O–H groups in total. The average Bonchev–Trinajstić information content (AvgIpc) is 2.26. The van der Waals surface area contributed by atoms with Crippen LogP contribution in [-0.4, -0.2) is 26.0 Å². The zero-order valence-electron chi connectivity index (χ0n) is 9.24. The molecule has 0 saturated carbocycles. The van der Waals surface area contributed by atoms with E-state index >= 15 is 0 Å². The van der Waals surface area contributed by atoms with Crippen LogP contribution in [0, 0.1) is 0 Å². The molecule has 0 aromatic heterocycles. The first-order valence-corrected chi connectivity index (χ1v) is 7.09. The topological polar surface area (TPSA) is 80.3 Å². The number of hydrogen-bond acceptors (Lipinski definition) is 4. The third-order valence-corrected chi connectivity index (χ3v) is 4.10. The number of Topliss-reactive ketones (excluding diaryl/α,β-unsaturated/α-hetero) is 1. The van der Waals surface area contributed by atoms with Crippen molar-refractivity contribution in [1.82, 2.24) is 4.72 Å². The van der Waals surface area contributed by atoms with Crippen LogP contribution in [0.5, 0.6) is 0 Å². The van der Waals surface area contributed by atoms with Gasteiger partial charge in [-0.2, -0.15) is 0 Å². The van der Waals surface area contributed by atoms with E-state index in [1.165, 1.54) is 12.1 Å². The monoisotopic (exact) mass is 309 g/mol. The first-order chi connectivity index (χ1) is 8.27. The maximum absolute atomic E-state index is 11.8. The summed E-state index contributed by atoms with van der Waals surface area (Å²) in [7, 11) is -4.08. The second-order valence-electron chi connectivity index (χ2n) is 3.36. The number of rotatable bonds is 4. The van der Waals surface area contributed by atoms with Crippen LogP contribution in [0.3, 0.4) is 0 Å². The van der Waals surface area contributed by atoms with Crippen molar-refractivity contribution < 1.29 is 18.0 Å². The van der Waals surface area contributed by atoms with E-state index in [0.29, 0.717) is 0 Å². The fourth-order valence-corrected chi connectivity index (χ4v) is 2.88. The Kier molecular flexibility index (Phi) is 4.72. The molecule has 18 heavy (non-hydrogen) atoms. The van der Waals surface area contributed by atoms with Crippen LogP contribution < -0.4 is 4.72 Å². The molecule has 98 valence electrons. The molecular weight excluding hydrogens is 301 g/mol. The zero-order chi connectivity index (χ0) is 13.9. The number of carbonyl (C=O) groups is 2. The second-order valence-corrected chi connectivity index (χ2v) is 5.69. The molecule has 0 heterocycles. The smallest absolute Gasteiger partial charge is 0.265 e. The summed E-state index contributed by atoms with van der Waals surface area (Å²) in [6.45, 7) is 1.05. The summed E-state index contributed by atoms with van der Waals surface area (Å²) in [5.41, 5.74) is 0.110. The minimum Gasteiger partial charge on any atom is -0.293 e. The summed E-state index contributed by atoms with van der Waals surface area (Å²) >= 11 is 11.1. The third-order valence-electron chi connectivity index (χ3n) is 1.94. The number of nitrogens with one attached hydrogen (secondary N) is 1. The average molecular weight is 310 g/mol. The lowest BCUT2D eigenvalue weighted by Crippen LogP contribution is -2.28. The molecule has 1 rings (SSSR count). The number of ketones is 1. The quantitative estimate of drug-likeness (QED) is 0.676. The SMILES string of the molecule is CC(=O)NS(=O)(=O)c1cc(C(=O)CCl)ccc1Cl. The van der Waals surface area contributed by atoms with Crippen molar-refractivity contribution in [3.63, 3.8) is 0 Å². The van der Waals surface area contributed by atoms with Gasteiger partial charge >= 0.3 is 0 Å². The Bertz CT molecular complexity index is 598. The van der Waals surface area contributed by atoms with Gasteiger partial charge in [0.1, 0.15) is 4.90 Å². The van der Waals surface area contributed by atoms with Crippen LogP contribution in [0.1, 0.15) is 17.3 Å². The van der Waals surface area contributed by atoms with Gasteiger partial charge in [-0.3, -0.25) is 9.59 Å². The standard InChI is InChI=1S/C10H9Cl2NO4S/c1-6(14)13-18(16,17)10-4-7(9(15)5-11)2-3-8(10)12/h2-4H,5H2,1H3,(H,13,14). The fraction of sp³-hybridized carbons (Fsp3) is 0.200. The summed E-state index contributed by atoms with van der Waals surface area (Å²) in [6, 6.07) is 3.70. The molecule has 0 unspecified atom stereocenters. The number of sulfonamides is 1. The maximum atomic E-state index is 11.8. The Hall–Kier alpha value is -1.11. The summed E-state index contributed by atoms with van der Waals surface area (Å²) in [4.78, 5) is 21.8. The van der Waals surface area contributed by atoms with Crippen LogP contribution in [0.4, 0.5) is 0 Å². The lowest BCUT2D eigenvalue weighted by atomic mass is 10.1. The van der Waals surface area contributed by atoms with Crippen molar-refractivity contribution in [2.45, 2.75) is 11.8 Å². The molecule has 0 saturated heterocycles. The molecule has 0 radical (unpaired) electrons. The van der Waals surface area contributed by atoms with Crippen molar-refractivity contribution in [2.24, 2.45) is 0 Å². The molecule has 1 aromatic rings. The number of carbonyl (C=O) groups excluding carboxylic acids is 2. The molecule has 0 aliphatic heterocycles. The molecule has 0 aliphatic carbocycles. The van der Waals surface area contributed by atoms with Gasteiger partial charge in [-0.15, -0.1) is 11.6 Å². The van der Waals surface area contributed by atoms with Crippen molar-refractivity contribution in [1.29, 1.82) is 0 Å². The molecular formula is C10H9Cl2NO4S. The molecule has 0 bridgehead atoms. The first-order valence-electron chi connectivity index (χ1n) is 4.70. The number of alkyl halides is 1. The van der Waals surface area contributed by atoms with E-state index in [4.69, 9.17) is 23.2 Å². The Morgan fingerprint density at radius 1 is 1.33 bits per heavy atom. The summed E-state index contributed by atoms with van der Waals surface area (Å²) in [5.74, 6) is -1.46. The third kappa shape index (κ3) is 3.44. The van der Waals surface area contributed by atoms with E-state index in [2.05, 4.69) is 0 Å². The molecule has 0 spiro atoms. The van der Waals surface area contributed by atoms with Crippen LogP contribution in [0.25, 0.3) is 0 Å². The highest BCUT2D eigenvalue weighted by Gasteiger charge is 2.20. The Labute approximate surface area is 114 Å². The minimum atomic E-state index is -4.08. The Morgan fingerprint density at radius 3 is 2.44 bits per heavy atom. The summed E-state index contributed by atoms with van der Waals surface area (Å²) in [5, 5.41) is -0.0881. The van der Waals surface area contributed by atoms with E-state index in [1.54, 1.807) is 4.72 Å². The molecule has 5 nitrogen and oxygen atoms in total. The van der Waals surface area contributed by atoms with Gasteiger partial charge in [0.2, 0.25) is 5.91 Å². The van der Waals surface area contributed by atoms with Crippen molar-refractivity contribution in [3.8, 4) is 0 Å². The van der Waals surface area contributed by atoms with Gasteiger partial charge in [-0.25, -0.2) is 13.1 Å². The second kappa shape index (κ2) is 5.69. The van der Waals surface area contributed by atoms with Gasteiger partial charge in [0.15, 0.2) is 5.78 Å². The van der Waals surface area contributed by atoms with Gasteiger partial charge < -0.3 is 0 Å². The van der Waals surface area contributed by atoms with E-state index in [1.807, 2.05) is 0 Å². The van der Waals surface area contributed by atoms with Crippen molar-refractivity contribution in [2.75, 3.05) is 5.88 Å². The van der Waals surface area contributed by atoms with Crippen LogP contribution >= 0.6 is 23.2 Å². The van der Waals surface area contributed by atoms with Gasteiger partial charge in [0.05, 0.1) is 10.9 Å². The number of benzene rings is 1. The predicted octanol–water partition coefficient (Wildman–Crippen LogP) is 1.59. The summed E-state index contributed by atoms with van der Waals surface area (Å²) in [6.07, 6.45) is 0. The van der Waals surface area contributed by atoms with Crippen LogP contribution in [-0.2, 0) is 14.8 Å². The number of amides is 1. The minimum absolute atomic E-state index is 0.0881. The van der Waals surface area contributed by atoms with Crippen LogP contribution in [0.15, 0.2) is 23.1 Å². The molecule has 0 fully saturated rings. The van der Waals surface area contributed by atoms with Gasteiger partial charge in [0, 0.05) is 12.5 Å². The number of halogens is 2. The summed E-state index contributed by atoms with van der Waals surface area (Å²) < 4.78 is 25.3. The molecule has 0 aliphatic rings. The Balaban J connectivity index is 3.32. The van der Waals surface area contributed by atoms with Gasteiger partial charge in [0.25, 0.3) is 10.0 Å². The van der Waals surface area contributed by atoms with Gasteiger partial charge in [-0.05, 0) is 18.2 Å². The highest BCUT2D eigenvalue weighted by atomic mass is 35.5. The lowest BCUT2D eigenvalue weighted by molar-refractivity contribution is -0.117. The zero-order valence-corrected chi connectivity index (χ0v) is 11.6. The molecule has 1 amide bonds. The van der Waals surface area contributed by atoms with Gasteiger partial charge in [-0.1, -0.05) is 11.6 Å². The maximum Gasteiger partial charge on any atom is 0.265 e. The van der Waals surface area contributed by atoms with E-state index in [9.17, 15) is 18.0 Å². The number of hydrogen-bond donors (Lipinski definition) is 1. The molecule has 0 atom stereocenters. The lowest BCUT2D eigenvalue weighted by Gasteiger charge is -2.08. The van der Waals surface area contributed by atoms with E-state index < -0.39 is 21.7 Å². The van der Waals surface area contributed by atoms with Crippen molar-refractivity contribution >= 4 is 44.9 Å². The van der Waals surface area contributed by atoms with Crippen molar-refractivity contribution in [3.05, 3.63) is 28.8 Å². The highest BCUT2D eigenvalue weighted by Crippen LogP contribution is 2.23. The normalized spacial score (nSPS) is 11.1. The fourth-order valence-electron chi connectivity index (χ4n) is 1.20. The Morgan fingerprint density at radius 2 is 1.94 bits per heavy atom. The van der Waals surface area contributed by atoms with Crippen LogP contribution in [0.2, 0.25) is 5.02 Å². The largest absolute Gasteiger partial charge is 0.293 e. The highest BCUT2D eigenvalue weighted by molar-refractivity contribution is 7.90. The first kappa shape index (κ1) is 14.9.